The summed E-state index contributed by atoms with van der Waals surface area (Å²) in [6.07, 6.45) is 3.54. The summed E-state index contributed by atoms with van der Waals surface area (Å²) < 4.78 is 0. The number of rotatable bonds is 3. The lowest BCUT2D eigenvalue weighted by Gasteiger charge is -2.32. The van der Waals surface area contributed by atoms with Gasteiger partial charge in [-0.05, 0) is 54.0 Å². The van der Waals surface area contributed by atoms with Crippen molar-refractivity contribution < 1.29 is 9.69 Å². The van der Waals surface area contributed by atoms with Crippen molar-refractivity contribution in [1.82, 2.24) is 4.90 Å². The fourth-order valence-corrected chi connectivity index (χ4v) is 4.53. The van der Waals surface area contributed by atoms with Crippen molar-refractivity contribution >= 4 is 17.2 Å². The molecule has 4 rings (SSSR count). The van der Waals surface area contributed by atoms with Crippen LogP contribution in [0.5, 0.6) is 0 Å². The third kappa shape index (κ3) is 3.19. The quantitative estimate of drug-likeness (QED) is 0.913. The lowest BCUT2D eigenvalue weighted by molar-refractivity contribution is -0.917. The van der Waals surface area contributed by atoms with Gasteiger partial charge in [0.15, 0.2) is 0 Å². The molecule has 0 bridgehead atoms. The Morgan fingerprint density at radius 1 is 1.13 bits per heavy atom. The van der Waals surface area contributed by atoms with E-state index in [2.05, 4.69) is 29.6 Å². The van der Waals surface area contributed by atoms with Gasteiger partial charge in [-0.1, -0.05) is 12.1 Å². The zero-order chi connectivity index (χ0) is 15.6. The van der Waals surface area contributed by atoms with Crippen molar-refractivity contribution in [3.05, 3.63) is 57.3 Å². The number of nitrogens with one attached hydrogen (secondary N) is 1. The van der Waals surface area contributed by atoms with Crippen molar-refractivity contribution in [2.75, 3.05) is 26.2 Å². The van der Waals surface area contributed by atoms with Gasteiger partial charge in [0.1, 0.15) is 6.54 Å². The molecule has 0 spiro atoms. The van der Waals surface area contributed by atoms with E-state index in [1.165, 1.54) is 28.8 Å². The average molecular weight is 327 g/mol. The molecule has 1 aromatic heterocycles. The zero-order valence-corrected chi connectivity index (χ0v) is 14.2. The number of amides is 1. The largest absolute Gasteiger partial charge is 0.328 e. The summed E-state index contributed by atoms with van der Waals surface area (Å²) in [5.74, 6) is 0.217. The Kier molecular flexibility index (Phi) is 4.19. The molecule has 1 aliphatic heterocycles. The molecular formula is C19H23N2OS+. The first-order valence-electron chi connectivity index (χ1n) is 8.56. The van der Waals surface area contributed by atoms with Crippen LogP contribution in [-0.2, 0) is 19.4 Å². The van der Waals surface area contributed by atoms with Crippen LogP contribution in [0.4, 0.5) is 0 Å². The van der Waals surface area contributed by atoms with E-state index in [1.807, 2.05) is 22.3 Å². The van der Waals surface area contributed by atoms with E-state index >= 15 is 0 Å². The predicted molar refractivity (Wildman–Crippen MR) is 93.1 cm³/mol. The van der Waals surface area contributed by atoms with Crippen LogP contribution < -0.4 is 4.90 Å². The van der Waals surface area contributed by atoms with Gasteiger partial charge < -0.3 is 9.80 Å². The highest BCUT2D eigenvalue weighted by Crippen LogP contribution is 2.23. The molecule has 3 nitrogen and oxygen atoms in total. The molecule has 4 heteroatoms. The molecule has 23 heavy (non-hydrogen) atoms. The summed E-state index contributed by atoms with van der Waals surface area (Å²) in [6, 6.07) is 10.6. The minimum Gasteiger partial charge on any atom is -0.328 e. The standard InChI is InChI=1S/C19H22N2OS/c22-19(17-7-6-15-3-1-4-16(15)13-17)21-10-8-20(9-11-21)14-18-5-2-12-23-18/h2,5-7,12-13H,1,3-4,8-11,14H2/p+1. The van der Waals surface area contributed by atoms with Gasteiger partial charge in [-0.15, -0.1) is 11.3 Å². The molecule has 120 valence electrons. The fraction of sp³-hybridized carbons (Fsp3) is 0.421. The monoisotopic (exact) mass is 327 g/mol. The van der Waals surface area contributed by atoms with Crippen LogP contribution in [0, 0.1) is 0 Å². The van der Waals surface area contributed by atoms with Crippen LogP contribution in [-0.4, -0.2) is 37.0 Å². The van der Waals surface area contributed by atoms with E-state index in [9.17, 15) is 4.79 Å². The maximum atomic E-state index is 12.7. The summed E-state index contributed by atoms with van der Waals surface area (Å²) in [5, 5.41) is 2.14. The Morgan fingerprint density at radius 3 is 2.74 bits per heavy atom. The maximum Gasteiger partial charge on any atom is 0.254 e. The molecule has 1 saturated heterocycles. The summed E-state index contributed by atoms with van der Waals surface area (Å²) in [7, 11) is 0. The molecule has 1 aliphatic carbocycles. The second-order valence-corrected chi connectivity index (χ2v) is 7.67. The van der Waals surface area contributed by atoms with Gasteiger partial charge in [0.05, 0.1) is 31.1 Å². The molecular weight excluding hydrogens is 304 g/mol. The van der Waals surface area contributed by atoms with Crippen molar-refractivity contribution in [3.8, 4) is 0 Å². The second-order valence-electron chi connectivity index (χ2n) is 6.64. The highest BCUT2D eigenvalue weighted by Gasteiger charge is 2.25. The average Bonchev–Trinajstić information content (AvgIpc) is 3.25. The topological polar surface area (TPSA) is 24.8 Å². The number of thiophene rings is 1. The van der Waals surface area contributed by atoms with Crippen LogP contribution in [0.2, 0.25) is 0 Å². The Morgan fingerprint density at radius 2 is 1.96 bits per heavy atom. The van der Waals surface area contributed by atoms with Crippen LogP contribution in [0.25, 0.3) is 0 Å². The van der Waals surface area contributed by atoms with Gasteiger partial charge in [0, 0.05) is 5.56 Å². The summed E-state index contributed by atoms with van der Waals surface area (Å²) in [5.41, 5.74) is 3.71. The van der Waals surface area contributed by atoms with E-state index in [0.29, 0.717) is 0 Å². The highest BCUT2D eigenvalue weighted by molar-refractivity contribution is 7.09. The van der Waals surface area contributed by atoms with Gasteiger partial charge in [-0.25, -0.2) is 0 Å². The van der Waals surface area contributed by atoms with Crippen molar-refractivity contribution in [2.24, 2.45) is 0 Å². The Labute approximate surface area is 141 Å². The number of fused-ring (bicyclic) bond motifs is 1. The molecule has 2 heterocycles. The first-order chi connectivity index (χ1) is 11.3. The molecule has 0 saturated carbocycles. The number of benzene rings is 1. The van der Waals surface area contributed by atoms with Gasteiger partial charge >= 0.3 is 0 Å². The smallest absolute Gasteiger partial charge is 0.254 e. The van der Waals surface area contributed by atoms with Crippen molar-refractivity contribution in [3.63, 3.8) is 0 Å². The van der Waals surface area contributed by atoms with Crippen LogP contribution in [0.1, 0.15) is 32.8 Å². The van der Waals surface area contributed by atoms with Gasteiger partial charge in [-0.2, -0.15) is 0 Å². The molecule has 0 unspecified atom stereocenters. The Bertz CT molecular complexity index is 687. The van der Waals surface area contributed by atoms with Crippen molar-refractivity contribution in [2.45, 2.75) is 25.8 Å². The minimum absolute atomic E-state index is 0.217. The Hall–Kier alpha value is -1.65. The van der Waals surface area contributed by atoms with E-state index < -0.39 is 0 Å². The number of hydrogen-bond acceptors (Lipinski definition) is 2. The van der Waals surface area contributed by atoms with Gasteiger partial charge in [0.2, 0.25) is 0 Å². The van der Waals surface area contributed by atoms with E-state index in [0.717, 1.165) is 44.7 Å². The minimum atomic E-state index is 0.217. The highest BCUT2D eigenvalue weighted by atomic mass is 32.1. The third-order valence-electron chi connectivity index (χ3n) is 5.11. The van der Waals surface area contributed by atoms with E-state index in [1.54, 1.807) is 4.90 Å². The number of hydrogen-bond donors (Lipinski definition) is 1. The second kappa shape index (κ2) is 6.46. The number of carbonyl (C=O) groups is 1. The van der Waals surface area contributed by atoms with Crippen LogP contribution in [0.15, 0.2) is 35.7 Å². The predicted octanol–water partition coefficient (Wildman–Crippen LogP) is 1.78. The number of piperazine rings is 1. The summed E-state index contributed by atoms with van der Waals surface area (Å²) in [4.78, 5) is 17.8. The van der Waals surface area contributed by atoms with Crippen LogP contribution >= 0.6 is 11.3 Å². The van der Waals surface area contributed by atoms with E-state index in [-0.39, 0.29) is 5.91 Å². The third-order valence-corrected chi connectivity index (χ3v) is 5.98. The Balaban J connectivity index is 1.37. The van der Waals surface area contributed by atoms with Crippen LogP contribution in [0.3, 0.4) is 0 Å². The molecule has 2 aliphatic rings. The lowest BCUT2D eigenvalue weighted by atomic mass is 10.1. The molecule has 1 fully saturated rings. The zero-order valence-electron chi connectivity index (χ0n) is 13.4. The molecule has 2 aromatic rings. The number of quaternary nitrogens is 1. The molecule has 1 N–H and O–H groups in total. The van der Waals surface area contributed by atoms with Gasteiger partial charge in [0.25, 0.3) is 5.91 Å². The molecule has 1 amide bonds. The number of aryl methyl sites for hydroxylation is 2. The van der Waals surface area contributed by atoms with Crippen molar-refractivity contribution in [1.29, 1.82) is 0 Å². The van der Waals surface area contributed by atoms with Gasteiger partial charge in [-0.3, -0.25) is 4.79 Å². The maximum absolute atomic E-state index is 12.7. The summed E-state index contributed by atoms with van der Waals surface area (Å²) in [6.45, 7) is 4.94. The first-order valence-corrected chi connectivity index (χ1v) is 9.44. The molecule has 1 aromatic carbocycles. The molecule has 0 radical (unpaired) electrons. The fourth-order valence-electron chi connectivity index (χ4n) is 3.75. The number of nitrogens with zero attached hydrogens (tertiary/aromatic N) is 1. The number of carbonyl (C=O) groups excluding carboxylic acids is 1. The molecule has 0 atom stereocenters. The summed E-state index contributed by atoms with van der Waals surface area (Å²) >= 11 is 1.83. The van der Waals surface area contributed by atoms with E-state index in [4.69, 9.17) is 0 Å². The normalized spacial score (nSPS) is 18.2. The SMILES string of the molecule is O=C(c1ccc2c(c1)CCC2)N1CC[NH+](Cc2cccs2)CC1. The first kappa shape index (κ1) is 14.9. The lowest BCUT2D eigenvalue weighted by Crippen LogP contribution is -3.13.